The quantitative estimate of drug-likeness (QED) is 0.811. The van der Waals surface area contributed by atoms with Crippen LogP contribution in [0.25, 0.3) is 0 Å². The predicted molar refractivity (Wildman–Crippen MR) is 66.9 cm³/mol. The van der Waals surface area contributed by atoms with E-state index in [1.54, 1.807) is 0 Å². The average molecular weight is 243 g/mol. The van der Waals surface area contributed by atoms with E-state index in [2.05, 4.69) is 19.2 Å². The molecule has 4 heteroatoms. The Kier molecular flexibility index (Phi) is 4.42. The lowest BCUT2D eigenvalue weighted by atomic mass is 10.0. The molecule has 1 heterocycles. The molecule has 1 aliphatic rings. The summed E-state index contributed by atoms with van der Waals surface area (Å²) < 4.78 is 11.0. The Balaban J connectivity index is 2.39. The van der Waals surface area contributed by atoms with Crippen molar-refractivity contribution >= 4 is 6.09 Å². The maximum absolute atomic E-state index is 11.6. The van der Waals surface area contributed by atoms with Gasteiger partial charge in [0.1, 0.15) is 5.60 Å². The van der Waals surface area contributed by atoms with Crippen LogP contribution in [0.1, 0.15) is 48.0 Å². The zero-order valence-electron chi connectivity index (χ0n) is 11.7. The van der Waals surface area contributed by atoms with Gasteiger partial charge >= 0.3 is 6.09 Å². The molecule has 0 aromatic rings. The summed E-state index contributed by atoms with van der Waals surface area (Å²) in [6, 6.07) is -0.0164. The van der Waals surface area contributed by atoms with E-state index in [4.69, 9.17) is 9.47 Å². The van der Waals surface area contributed by atoms with E-state index in [9.17, 15) is 4.79 Å². The van der Waals surface area contributed by atoms with Gasteiger partial charge in [-0.1, -0.05) is 6.92 Å². The first-order valence-electron chi connectivity index (χ1n) is 6.34. The monoisotopic (exact) mass is 243 g/mol. The second-order valence-electron chi connectivity index (χ2n) is 6.03. The van der Waals surface area contributed by atoms with Crippen LogP contribution >= 0.6 is 0 Å². The fraction of sp³-hybridized carbons (Fsp3) is 0.923. The second-order valence-corrected chi connectivity index (χ2v) is 6.03. The van der Waals surface area contributed by atoms with Crippen LogP contribution in [-0.4, -0.2) is 29.9 Å². The van der Waals surface area contributed by atoms with Crippen molar-refractivity contribution in [2.75, 3.05) is 0 Å². The van der Waals surface area contributed by atoms with E-state index < -0.39 is 5.60 Å². The molecule has 0 aromatic heterocycles. The van der Waals surface area contributed by atoms with Gasteiger partial charge in [0.05, 0.1) is 18.2 Å². The summed E-state index contributed by atoms with van der Waals surface area (Å²) in [7, 11) is 0. The van der Waals surface area contributed by atoms with E-state index in [1.807, 2.05) is 27.7 Å². The van der Waals surface area contributed by atoms with Gasteiger partial charge in [-0.3, -0.25) is 0 Å². The molecule has 1 N–H and O–H groups in total. The molecule has 1 saturated heterocycles. The molecule has 0 spiro atoms. The molecular formula is C13H25NO3. The molecule has 4 nitrogen and oxygen atoms in total. The van der Waals surface area contributed by atoms with Crippen molar-refractivity contribution in [3.05, 3.63) is 0 Å². The van der Waals surface area contributed by atoms with E-state index in [1.165, 1.54) is 0 Å². The Bertz CT molecular complexity index is 262. The molecule has 100 valence electrons. The van der Waals surface area contributed by atoms with Gasteiger partial charge in [0.25, 0.3) is 0 Å². The number of hydrogen-bond acceptors (Lipinski definition) is 3. The molecule has 1 fully saturated rings. The highest BCUT2D eigenvalue weighted by Crippen LogP contribution is 2.27. The molecule has 0 bridgehead atoms. The minimum absolute atomic E-state index is 0.0164. The number of nitrogens with one attached hydrogen (secondary N) is 1. The minimum Gasteiger partial charge on any atom is -0.444 e. The second kappa shape index (κ2) is 5.25. The third-order valence-electron chi connectivity index (χ3n) is 3.10. The minimum atomic E-state index is -0.457. The first-order valence-corrected chi connectivity index (χ1v) is 6.34. The summed E-state index contributed by atoms with van der Waals surface area (Å²) in [6.45, 7) is 11.8. The molecular weight excluding hydrogens is 218 g/mol. The Labute approximate surface area is 104 Å². The van der Waals surface area contributed by atoms with E-state index in [0.717, 1.165) is 6.42 Å². The molecule has 4 atom stereocenters. The lowest BCUT2D eigenvalue weighted by molar-refractivity contribution is 0.0182. The summed E-state index contributed by atoms with van der Waals surface area (Å²) in [5.74, 6) is 0.544. The predicted octanol–water partition coefficient (Wildman–Crippen LogP) is 2.71. The number of hydrogen-bond donors (Lipinski definition) is 1. The molecule has 4 unspecified atom stereocenters. The Hall–Kier alpha value is -0.770. The lowest BCUT2D eigenvalue weighted by Gasteiger charge is -2.24. The van der Waals surface area contributed by atoms with Gasteiger partial charge in [0.2, 0.25) is 0 Å². The summed E-state index contributed by atoms with van der Waals surface area (Å²) in [5, 5.41) is 2.83. The SMILES string of the molecule is CC1CC(C(C)NC(=O)OC(C)(C)C)OC1C. The van der Waals surface area contributed by atoms with Crippen LogP contribution in [0, 0.1) is 5.92 Å². The first kappa shape index (κ1) is 14.3. The summed E-state index contributed by atoms with van der Waals surface area (Å²) >= 11 is 0. The van der Waals surface area contributed by atoms with Crippen molar-refractivity contribution in [3.63, 3.8) is 0 Å². The van der Waals surface area contributed by atoms with Crippen molar-refractivity contribution in [1.29, 1.82) is 0 Å². The molecule has 0 saturated carbocycles. The third kappa shape index (κ3) is 4.54. The van der Waals surface area contributed by atoms with Gasteiger partial charge in [-0.25, -0.2) is 4.79 Å². The number of amides is 1. The normalized spacial score (nSPS) is 31.1. The highest BCUT2D eigenvalue weighted by molar-refractivity contribution is 5.68. The smallest absolute Gasteiger partial charge is 0.407 e. The maximum Gasteiger partial charge on any atom is 0.407 e. The Morgan fingerprint density at radius 3 is 2.41 bits per heavy atom. The number of rotatable bonds is 2. The van der Waals surface area contributed by atoms with Gasteiger partial charge < -0.3 is 14.8 Å². The van der Waals surface area contributed by atoms with Crippen LogP contribution in [0.3, 0.4) is 0 Å². The highest BCUT2D eigenvalue weighted by atomic mass is 16.6. The molecule has 1 amide bonds. The third-order valence-corrected chi connectivity index (χ3v) is 3.10. The van der Waals surface area contributed by atoms with Gasteiger partial charge in [-0.05, 0) is 47.0 Å². The van der Waals surface area contributed by atoms with Crippen LogP contribution in [0.15, 0.2) is 0 Å². The maximum atomic E-state index is 11.6. The zero-order valence-corrected chi connectivity index (χ0v) is 11.7. The van der Waals surface area contributed by atoms with Crippen molar-refractivity contribution in [1.82, 2.24) is 5.32 Å². The Morgan fingerprint density at radius 1 is 1.41 bits per heavy atom. The summed E-state index contributed by atoms with van der Waals surface area (Å²) in [5.41, 5.74) is -0.457. The molecule has 0 radical (unpaired) electrons. The highest BCUT2D eigenvalue weighted by Gasteiger charge is 2.33. The first-order chi connectivity index (χ1) is 7.69. The number of ether oxygens (including phenoxy) is 2. The van der Waals surface area contributed by atoms with Crippen LogP contribution in [0.2, 0.25) is 0 Å². The standard InChI is InChI=1S/C13H25NO3/c1-8-7-11(16-10(8)3)9(2)14-12(15)17-13(4,5)6/h8-11H,7H2,1-6H3,(H,14,15). The van der Waals surface area contributed by atoms with Crippen LogP contribution < -0.4 is 5.32 Å². The van der Waals surface area contributed by atoms with E-state index in [-0.39, 0.29) is 24.3 Å². The van der Waals surface area contributed by atoms with Gasteiger partial charge in [-0.2, -0.15) is 0 Å². The molecule has 17 heavy (non-hydrogen) atoms. The largest absolute Gasteiger partial charge is 0.444 e. The molecule has 1 aliphatic heterocycles. The van der Waals surface area contributed by atoms with Crippen LogP contribution in [0.5, 0.6) is 0 Å². The number of carbonyl (C=O) groups is 1. The van der Waals surface area contributed by atoms with E-state index in [0.29, 0.717) is 5.92 Å². The van der Waals surface area contributed by atoms with Gasteiger partial charge in [-0.15, -0.1) is 0 Å². The van der Waals surface area contributed by atoms with Gasteiger partial charge in [0, 0.05) is 0 Å². The summed E-state index contributed by atoms with van der Waals surface area (Å²) in [6.07, 6.45) is 0.967. The zero-order chi connectivity index (χ0) is 13.2. The van der Waals surface area contributed by atoms with Gasteiger partial charge in [0.15, 0.2) is 0 Å². The number of alkyl carbamates (subject to hydrolysis) is 1. The molecule has 0 aromatic carbocycles. The fourth-order valence-electron chi connectivity index (χ4n) is 1.93. The summed E-state index contributed by atoms with van der Waals surface area (Å²) in [4.78, 5) is 11.6. The van der Waals surface area contributed by atoms with Crippen molar-refractivity contribution in [3.8, 4) is 0 Å². The fourth-order valence-corrected chi connectivity index (χ4v) is 1.93. The van der Waals surface area contributed by atoms with Crippen molar-refractivity contribution in [2.24, 2.45) is 5.92 Å². The number of carbonyl (C=O) groups excluding carboxylic acids is 1. The van der Waals surface area contributed by atoms with Crippen LogP contribution in [-0.2, 0) is 9.47 Å². The topological polar surface area (TPSA) is 47.6 Å². The van der Waals surface area contributed by atoms with Crippen LogP contribution in [0.4, 0.5) is 4.79 Å². The molecule has 0 aliphatic carbocycles. The van der Waals surface area contributed by atoms with Crippen molar-refractivity contribution in [2.45, 2.75) is 71.8 Å². The lowest BCUT2D eigenvalue weighted by Crippen LogP contribution is -2.43. The molecule has 1 rings (SSSR count). The average Bonchev–Trinajstić information content (AvgIpc) is 2.43. The van der Waals surface area contributed by atoms with Crippen molar-refractivity contribution < 1.29 is 14.3 Å². The van der Waals surface area contributed by atoms with E-state index >= 15 is 0 Å². The Morgan fingerprint density at radius 2 is 2.00 bits per heavy atom.